The van der Waals surface area contributed by atoms with Crippen molar-refractivity contribution >= 4 is 27.4 Å². The Hall–Kier alpha value is -2.34. The molecule has 21 heavy (non-hydrogen) atoms. The monoisotopic (exact) mass is 301 g/mol. The Kier molecular flexibility index (Phi) is 3.62. The zero-order valence-electron chi connectivity index (χ0n) is 11.8. The van der Waals surface area contributed by atoms with E-state index in [4.69, 9.17) is 4.74 Å². The number of fused-ring (bicyclic) bond motifs is 1. The molecular formula is C15H15N3O2S. The standard InChI is InChI=1S/C15H15N3O2S/c1-3-16-15-18-13(8-21-15)12-7-14(19)10-5-4-9(20-2)6-11(10)17-12/h4-8H,3H2,1-2H3,(H,16,18)(H,17,19). The van der Waals surface area contributed by atoms with Crippen molar-refractivity contribution in [2.24, 2.45) is 0 Å². The number of hydrogen-bond acceptors (Lipinski definition) is 5. The van der Waals surface area contributed by atoms with Crippen molar-refractivity contribution in [1.29, 1.82) is 0 Å². The maximum Gasteiger partial charge on any atom is 0.190 e. The number of benzene rings is 1. The van der Waals surface area contributed by atoms with Crippen LogP contribution in [0.1, 0.15) is 6.92 Å². The zero-order chi connectivity index (χ0) is 14.8. The molecule has 0 saturated carbocycles. The molecule has 0 bridgehead atoms. The molecule has 2 N–H and O–H groups in total. The topological polar surface area (TPSA) is 67.0 Å². The van der Waals surface area contributed by atoms with Crippen LogP contribution in [0.5, 0.6) is 5.75 Å². The Bertz CT molecular complexity index is 838. The van der Waals surface area contributed by atoms with Gasteiger partial charge in [0.1, 0.15) is 5.75 Å². The summed E-state index contributed by atoms with van der Waals surface area (Å²) < 4.78 is 5.20. The fraction of sp³-hybridized carbons (Fsp3) is 0.200. The second kappa shape index (κ2) is 5.57. The number of hydrogen-bond donors (Lipinski definition) is 2. The van der Waals surface area contributed by atoms with Crippen LogP contribution in [0, 0.1) is 0 Å². The maximum atomic E-state index is 12.2. The summed E-state index contributed by atoms with van der Waals surface area (Å²) >= 11 is 1.52. The quantitative estimate of drug-likeness (QED) is 0.777. The molecule has 0 saturated heterocycles. The normalized spacial score (nSPS) is 10.8. The lowest BCUT2D eigenvalue weighted by atomic mass is 10.1. The first-order chi connectivity index (χ1) is 10.2. The molecule has 2 aromatic heterocycles. The molecule has 0 atom stereocenters. The van der Waals surface area contributed by atoms with Crippen LogP contribution < -0.4 is 15.5 Å². The molecule has 0 aliphatic carbocycles. The van der Waals surface area contributed by atoms with Gasteiger partial charge >= 0.3 is 0 Å². The smallest absolute Gasteiger partial charge is 0.190 e. The predicted octanol–water partition coefficient (Wildman–Crippen LogP) is 3.09. The fourth-order valence-electron chi connectivity index (χ4n) is 2.13. The van der Waals surface area contributed by atoms with Gasteiger partial charge in [-0.05, 0) is 19.1 Å². The van der Waals surface area contributed by atoms with Crippen molar-refractivity contribution < 1.29 is 4.74 Å². The molecule has 0 aliphatic heterocycles. The van der Waals surface area contributed by atoms with Crippen molar-refractivity contribution in [3.8, 4) is 17.1 Å². The lowest BCUT2D eigenvalue weighted by Crippen LogP contribution is -2.03. The first-order valence-corrected chi connectivity index (χ1v) is 7.50. The number of nitrogens with one attached hydrogen (secondary N) is 2. The molecule has 3 aromatic rings. The summed E-state index contributed by atoms with van der Waals surface area (Å²) in [6.07, 6.45) is 0. The van der Waals surface area contributed by atoms with Crippen molar-refractivity contribution in [3.05, 3.63) is 39.9 Å². The number of rotatable bonds is 4. The minimum atomic E-state index is -0.0283. The van der Waals surface area contributed by atoms with E-state index in [9.17, 15) is 4.79 Å². The average molecular weight is 301 g/mol. The number of thiazole rings is 1. The Morgan fingerprint density at radius 2 is 2.24 bits per heavy atom. The van der Waals surface area contributed by atoms with Crippen LogP contribution in [0.25, 0.3) is 22.3 Å². The highest BCUT2D eigenvalue weighted by Gasteiger charge is 2.08. The molecule has 0 aliphatic rings. The van der Waals surface area contributed by atoms with Gasteiger partial charge in [-0.2, -0.15) is 0 Å². The highest BCUT2D eigenvalue weighted by Crippen LogP contribution is 2.25. The summed E-state index contributed by atoms with van der Waals surface area (Å²) in [7, 11) is 1.60. The van der Waals surface area contributed by atoms with Crippen molar-refractivity contribution in [2.45, 2.75) is 6.92 Å². The van der Waals surface area contributed by atoms with Crippen LogP contribution >= 0.6 is 11.3 Å². The Morgan fingerprint density at radius 3 is 3.00 bits per heavy atom. The van der Waals surface area contributed by atoms with Crippen LogP contribution in [0.3, 0.4) is 0 Å². The molecule has 5 nitrogen and oxygen atoms in total. The van der Waals surface area contributed by atoms with E-state index >= 15 is 0 Å². The second-order valence-electron chi connectivity index (χ2n) is 4.53. The first kappa shape index (κ1) is 13.6. The number of pyridine rings is 1. The number of aromatic nitrogens is 2. The van der Waals surface area contributed by atoms with Gasteiger partial charge in [0.15, 0.2) is 10.6 Å². The van der Waals surface area contributed by atoms with Crippen LogP contribution in [0.15, 0.2) is 34.4 Å². The van der Waals surface area contributed by atoms with Crippen molar-refractivity contribution in [2.75, 3.05) is 19.0 Å². The van der Waals surface area contributed by atoms with Gasteiger partial charge < -0.3 is 15.0 Å². The van der Waals surface area contributed by atoms with E-state index in [-0.39, 0.29) is 5.43 Å². The highest BCUT2D eigenvalue weighted by molar-refractivity contribution is 7.14. The van der Waals surface area contributed by atoms with Crippen LogP contribution in [-0.2, 0) is 0 Å². The van der Waals surface area contributed by atoms with Gasteiger partial charge in [0.05, 0.1) is 24.0 Å². The Morgan fingerprint density at radius 1 is 1.38 bits per heavy atom. The third kappa shape index (κ3) is 2.62. The number of methoxy groups -OCH3 is 1. The third-order valence-corrected chi connectivity index (χ3v) is 3.95. The van der Waals surface area contributed by atoms with Crippen LogP contribution in [0.4, 0.5) is 5.13 Å². The van der Waals surface area contributed by atoms with E-state index in [1.165, 1.54) is 11.3 Å². The maximum absolute atomic E-state index is 12.2. The van der Waals surface area contributed by atoms with E-state index < -0.39 is 0 Å². The Labute approximate surface area is 125 Å². The van der Waals surface area contributed by atoms with E-state index in [2.05, 4.69) is 15.3 Å². The molecule has 6 heteroatoms. The van der Waals surface area contributed by atoms with E-state index in [1.807, 2.05) is 18.4 Å². The van der Waals surface area contributed by atoms with E-state index in [0.29, 0.717) is 16.8 Å². The van der Waals surface area contributed by atoms with Crippen LogP contribution in [0.2, 0.25) is 0 Å². The number of nitrogens with zero attached hydrogens (tertiary/aromatic N) is 1. The summed E-state index contributed by atoms with van der Waals surface area (Å²) in [5.74, 6) is 0.710. The largest absolute Gasteiger partial charge is 0.497 e. The molecule has 0 spiro atoms. The number of ether oxygens (including phenoxy) is 1. The number of H-pyrrole nitrogens is 1. The third-order valence-electron chi connectivity index (χ3n) is 3.15. The number of anilines is 1. The number of aromatic amines is 1. The highest BCUT2D eigenvalue weighted by atomic mass is 32.1. The molecule has 3 rings (SSSR count). The summed E-state index contributed by atoms with van der Waals surface area (Å²) in [5.41, 5.74) is 2.19. The predicted molar refractivity (Wildman–Crippen MR) is 86.4 cm³/mol. The molecule has 2 heterocycles. The average Bonchev–Trinajstić information content (AvgIpc) is 2.95. The van der Waals surface area contributed by atoms with E-state index in [1.54, 1.807) is 25.3 Å². The molecular weight excluding hydrogens is 286 g/mol. The summed E-state index contributed by atoms with van der Waals surface area (Å²) in [6, 6.07) is 6.95. The lowest BCUT2D eigenvalue weighted by molar-refractivity contribution is 0.415. The first-order valence-electron chi connectivity index (χ1n) is 6.62. The molecule has 0 unspecified atom stereocenters. The SMILES string of the molecule is CCNc1nc(-c2cc(=O)c3ccc(OC)cc3[nH]2)cs1. The minimum Gasteiger partial charge on any atom is -0.497 e. The van der Waals surface area contributed by atoms with Gasteiger partial charge in [-0.3, -0.25) is 4.79 Å². The van der Waals surface area contributed by atoms with Crippen LogP contribution in [-0.4, -0.2) is 23.6 Å². The Balaban J connectivity index is 2.11. The zero-order valence-corrected chi connectivity index (χ0v) is 12.6. The minimum absolute atomic E-state index is 0.0283. The molecule has 0 fully saturated rings. The lowest BCUT2D eigenvalue weighted by Gasteiger charge is -2.04. The summed E-state index contributed by atoms with van der Waals surface area (Å²) in [6.45, 7) is 2.84. The summed E-state index contributed by atoms with van der Waals surface area (Å²) in [5, 5.41) is 6.58. The second-order valence-corrected chi connectivity index (χ2v) is 5.39. The van der Waals surface area contributed by atoms with Crippen molar-refractivity contribution in [3.63, 3.8) is 0 Å². The molecule has 108 valence electrons. The molecule has 0 radical (unpaired) electrons. The fourth-order valence-corrected chi connectivity index (χ4v) is 2.91. The van der Waals surface area contributed by atoms with Gasteiger partial charge in [-0.15, -0.1) is 11.3 Å². The van der Waals surface area contributed by atoms with Crippen molar-refractivity contribution in [1.82, 2.24) is 9.97 Å². The van der Waals surface area contributed by atoms with Gasteiger partial charge in [0.2, 0.25) is 0 Å². The molecule has 1 aromatic carbocycles. The van der Waals surface area contributed by atoms with Gasteiger partial charge in [0, 0.05) is 29.4 Å². The van der Waals surface area contributed by atoms with Gasteiger partial charge in [-0.1, -0.05) is 0 Å². The van der Waals surface area contributed by atoms with Gasteiger partial charge in [0.25, 0.3) is 0 Å². The van der Waals surface area contributed by atoms with E-state index in [0.717, 1.165) is 22.9 Å². The summed E-state index contributed by atoms with van der Waals surface area (Å²) in [4.78, 5) is 19.9. The molecule has 0 amide bonds. The van der Waals surface area contributed by atoms with Gasteiger partial charge in [-0.25, -0.2) is 4.98 Å².